The van der Waals surface area contributed by atoms with Crippen LogP contribution in [0.15, 0.2) is 0 Å². The van der Waals surface area contributed by atoms with Gasteiger partial charge in [0.1, 0.15) is 6.10 Å². The lowest BCUT2D eigenvalue weighted by molar-refractivity contribution is -0.150. The number of hydrogen-bond donors (Lipinski definition) is 1. The summed E-state index contributed by atoms with van der Waals surface area (Å²) in [5.74, 6) is 0.0112. The summed E-state index contributed by atoms with van der Waals surface area (Å²) in [4.78, 5) is 38.3. The second-order valence-electron chi connectivity index (χ2n) is 17.0. The van der Waals surface area contributed by atoms with Gasteiger partial charge in [0.05, 0.1) is 13.2 Å². The Balaban J connectivity index is 2.27. The van der Waals surface area contributed by atoms with Gasteiger partial charge < -0.3 is 24.4 Å². The van der Waals surface area contributed by atoms with Crippen molar-refractivity contribution in [2.24, 2.45) is 5.41 Å². The molecule has 0 aromatic rings. The Kier molecular flexibility index (Phi) is 35.1. The Morgan fingerprint density at radius 3 is 1.45 bits per heavy atom. The third-order valence-electron chi connectivity index (χ3n) is 11.5. The molecule has 1 saturated carbocycles. The van der Waals surface area contributed by atoms with E-state index in [2.05, 4.69) is 31.0 Å². The van der Waals surface area contributed by atoms with Gasteiger partial charge >= 0.3 is 12.1 Å². The summed E-state index contributed by atoms with van der Waals surface area (Å²) in [6.45, 7) is 11.6. The fraction of sp³-hybridized carbons (Fsp3) is 0.936. The van der Waals surface area contributed by atoms with Crippen LogP contribution < -0.4 is 5.32 Å². The summed E-state index contributed by atoms with van der Waals surface area (Å²) in [5.41, 5.74) is 0.243. The van der Waals surface area contributed by atoms with Gasteiger partial charge in [-0.1, -0.05) is 156 Å². The van der Waals surface area contributed by atoms with Crippen molar-refractivity contribution in [1.82, 2.24) is 10.2 Å². The summed E-state index contributed by atoms with van der Waals surface area (Å²) < 4.78 is 16.6. The first-order chi connectivity index (χ1) is 27.0. The van der Waals surface area contributed by atoms with Gasteiger partial charge in [0.15, 0.2) is 0 Å². The van der Waals surface area contributed by atoms with E-state index >= 15 is 0 Å². The van der Waals surface area contributed by atoms with Crippen molar-refractivity contribution in [2.75, 3.05) is 39.4 Å². The first-order valence-corrected chi connectivity index (χ1v) is 23.9. The molecule has 0 aromatic carbocycles. The molecule has 1 amide bonds. The van der Waals surface area contributed by atoms with Gasteiger partial charge in [0.2, 0.25) is 6.41 Å². The molecular weight excluding hydrogens is 689 g/mol. The molecule has 1 fully saturated rings. The van der Waals surface area contributed by atoms with Crippen molar-refractivity contribution in [1.29, 1.82) is 0 Å². The summed E-state index contributed by atoms with van der Waals surface area (Å²) in [6, 6.07) is 0. The molecule has 8 heteroatoms. The number of hydrogen-bond acceptors (Lipinski definition) is 7. The molecule has 0 bridgehead atoms. The van der Waals surface area contributed by atoms with E-state index in [-0.39, 0.29) is 17.5 Å². The highest BCUT2D eigenvalue weighted by atomic mass is 16.7. The van der Waals surface area contributed by atoms with E-state index in [1.165, 1.54) is 128 Å². The molecule has 0 unspecified atom stereocenters. The maximum absolute atomic E-state index is 12.8. The van der Waals surface area contributed by atoms with E-state index in [0.29, 0.717) is 19.6 Å². The van der Waals surface area contributed by atoms with Gasteiger partial charge in [0.25, 0.3) is 0 Å². The number of nitrogens with one attached hydrogen (secondary N) is 1. The van der Waals surface area contributed by atoms with Crippen LogP contribution in [0, 0.1) is 5.41 Å². The summed E-state index contributed by atoms with van der Waals surface area (Å²) in [5, 5.41) is 2.94. The van der Waals surface area contributed by atoms with Crippen LogP contribution in [0.25, 0.3) is 0 Å². The van der Waals surface area contributed by atoms with Gasteiger partial charge in [-0.3, -0.25) is 9.59 Å². The van der Waals surface area contributed by atoms with Crippen LogP contribution in [0.2, 0.25) is 0 Å². The number of carbonyl (C=O) groups is 3. The zero-order valence-corrected chi connectivity index (χ0v) is 36.6. The largest absolute Gasteiger partial charge is 0.508 e. The minimum atomic E-state index is -0.526. The molecule has 1 rings (SSSR count). The Bertz CT molecular complexity index is 865. The van der Waals surface area contributed by atoms with Crippen LogP contribution in [-0.4, -0.2) is 68.9 Å². The summed E-state index contributed by atoms with van der Waals surface area (Å²) in [6.07, 6.45) is 38.7. The molecule has 55 heavy (non-hydrogen) atoms. The Morgan fingerprint density at radius 2 is 1.00 bits per heavy atom. The van der Waals surface area contributed by atoms with E-state index < -0.39 is 6.16 Å². The van der Waals surface area contributed by atoms with Crippen molar-refractivity contribution in [2.45, 2.75) is 239 Å². The van der Waals surface area contributed by atoms with Gasteiger partial charge in [-0.05, 0) is 83.7 Å². The van der Waals surface area contributed by atoms with Crippen molar-refractivity contribution in [3.05, 3.63) is 0 Å². The van der Waals surface area contributed by atoms with Gasteiger partial charge in [-0.15, -0.1) is 0 Å². The van der Waals surface area contributed by atoms with Gasteiger partial charge in [0, 0.05) is 24.9 Å². The van der Waals surface area contributed by atoms with Gasteiger partial charge in [-0.25, -0.2) is 4.79 Å². The lowest BCUT2D eigenvalue weighted by Gasteiger charge is -2.27. The molecule has 1 aliphatic rings. The molecule has 1 aliphatic carbocycles. The zero-order valence-electron chi connectivity index (χ0n) is 36.6. The quantitative estimate of drug-likeness (QED) is 0.0374. The molecule has 0 spiro atoms. The smallest absolute Gasteiger partial charge is 0.462 e. The van der Waals surface area contributed by atoms with Crippen LogP contribution in [0.5, 0.6) is 0 Å². The number of rotatable bonds is 43. The number of amides is 1. The predicted molar refractivity (Wildman–Crippen MR) is 230 cm³/mol. The average molecular weight is 779 g/mol. The molecule has 0 atom stereocenters. The number of ether oxygens (including phenoxy) is 3. The van der Waals surface area contributed by atoms with E-state index in [9.17, 15) is 14.4 Å². The fourth-order valence-electron chi connectivity index (χ4n) is 7.72. The topological polar surface area (TPSA) is 94.2 Å². The third kappa shape index (κ3) is 32.9. The zero-order chi connectivity index (χ0) is 39.9. The Labute approximate surface area is 340 Å². The highest BCUT2D eigenvalue weighted by Crippen LogP contribution is 2.45. The second-order valence-corrected chi connectivity index (χ2v) is 17.0. The van der Waals surface area contributed by atoms with E-state index in [4.69, 9.17) is 14.2 Å². The Morgan fingerprint density at radius 1 is 0.582 bits per heavy atom. The summed E-state index contributed by atoms with van der Waals surface area (Å²) in [7, 11) is 0. The highest BCUT2D eigenvalue weighted by molar-refractivity contribution is 5.69. The molecule has 1 N–H and O–H groups in total. The number of esters is 1. The lowest BCUT2D eigenvalue weighted by atomic mass is 10.0. The number of unbranched alkanes of at least 4 members (excludes halogenated alkanes) is 23. The maximum atomic E-state index is 12.8. The summed E-state index contributed by atoms with van der Waals surface area (Å²) >= 11 is 0. The van der Waals surface area contributed by atoms with Crippen LogP contribution in [0.1, 0.15) is 233 Å². The maximum Gasteiger partial charge on any atom is 0.508 e. The molecule has 0 aliphatic heterocycles. The third-order valence-corrected chi connectivity index (χ3v) is 11.5. The number of carbonyl (C=O) groups excluding carboxylic acids is 3. The van der Waals surface area contributed by atoms with Crippen LogP contribution >= 0.6 is 0 Å². The van der Waals surface area contributed by atoms with E-state index in [1.54, 1.807) is 0 Å². The minimum absolute atomic E-state index is 0.0112. The highest BCUT2D eigenvalue weighted by Gasteiger charge is 2.43. The first kappa shape index (κ1) is 51.2. The Hall–Kier alpha value is -1.83. The standard InChI is InChI=1S/C47H90N2O6/c1-4-7-10-13-16-23-30-39-53-46(52)54-40-31-24-22-29-38-49(42-47(35-36-47)41-48-43-50)37-28-21-17-20-27-34-45(51)55-44(32-25-18-14-11-8-5-2)33-26-19-15-12-9-6-3/h43-44H,4-42H2,1-3H3,(H,48,50). The fourth-order valence-corrected chi connectivity index (χ4v) is 7.72. The molecule has 0 heterocycles. The molecule has 0 aromatic heterocycles. The predicted octanol–water partition coefficient (Wildman–Crippen LogP) is 13.0. The lowest BCUT2D eigenvalue weighted by Crippen LogP contribution is -2.37. The molecule has 0 saturated heterocycles. The van der Waals surface area contributed by atoms with Crippen molar-refractivity contribution in [3.63, 3.8) is 0 Å². The van der Waals surface area contributed by atoms with Crippen LogP contribution in [0.4, 0.5) is 4.79 Å². The van der Waals surface area contributed by atoms with Crippen LogP contribution in [0.3, 0.4) is 0 Å². The van der Waals surface area contributed by atoms with Crippen molar-refractivity contribution < 1.29 is 28.6 Å². The van der Waals surface area contributed by atoms with Gasteiger partial charge in [-0.2, -0.15) is 0 Å². The minimum Gasteiger partial charge on any atom is -0.462 e. The normalized spacial score (nSPS) is 13.3. The molecule has 0 radical (unpaired) electrons. The first-order valence-electron chi connectivity index (χ1n) is 23.9. The van der Waals surface area contributed by atoms with E-state index in [1.807, 2.05) is 0 Å². The average Bonchev–Trinajstić information content (AvgIpc) is 3.95. The second kappa shape index (κ2) is 37.7. The monoisotopic (exact) mass is 779 g/mol. The van der Waals surface area contributed by atoms with Crippen LogP contribution in [-0.2, 0) is 23.8 Å². The van der Waals surface area contributed by atoms with Crippen molar-refractivity contribution >= 4 is 18.5 Å². The SMILES string of the molecule is CCCCCCCCCOC(=O)OCCCCCCN(CCCCCCCC(=O)OC(CCCCCCCC)CCCCCCCC)CC1(CNC=O)CC1. The van der Waals surface area contributed by atoms with E-state index in [0.717, 1.165) is 110 Å². The van der Waals surface area contributed by atoms with Crippen molar-refractivity contribution in [3.8, 4) is 0 Å². The molecular formula is C47H90N2O6. The molecule has 324 valence electrons. The number of nitrogens with zero attached hydrogens (tertiary/aromatic N) is 1. The molecule has 8 nitrogen and oxygen atoms in total.